The van der Waals surface area contributed by atoms with Crippen LogP contribution in [-0.4, -0.2) is 58.7 Å². The smallest absolute Gasteiger partial charge is 0.317 e. The Bertz CT molecular complexity index is 212. The monoisotopic (exact) mass is 366 g/mol. The van der Waals surface area contributed by atoms with Crippen molar-refractivity contribution in [2.45, 2.75) is 38.7 Å². The molecule has 11 heteroatoms. The van der Waals surface area contributed by atoms with E-state index in [1.54, 1.807) is 0 Å². The highest BCUT2D eigenvalue weighted by Crippen LogP contribution is 2.21. The summed E-state index contributed by atoms with van der Waals surface area (Å²) in [4.78, 5) is 0. The quantitative estimate of drug-likeness (QED) is 0.476. The summed E-state index contributed by atoms with van der Waals surface area (Å²) in [5.41, 5.74) is 0. The minimum atomic E-state index is -2.08. The molecule has 0 aliphatic carbocycles. The van der Waals surface area contributed by atoms with E-state index in [9.17, 15) is 0 Å². The summed E-state index contributed by atoms with van der Waals surface area (Å²) in [5.74, 6) is 0.661. The second kappa shape index (κ2) is 9.98. The molecule has 0 spiro atoms. The van der Waals surface area contributed by atoms with Gasteiger partial charge in [0.2, 0.25) is 0 Å². The van der Waals surface area contributed by atoms with E-state index in [0.717, 1.165) is 12.5 Å². The fourth-order valence-corrected chi connectivity index (χ4v) is 16.9. The lowest BCUT2D eigenvalue weighted by Gasteiger charge is -2.37. The van der Waals surface area contributed by atoms with Crippen LogP contribution in [0, 0.1) is 0 Å². The summed E-state index contributed by atoms with van der Waals surface area (Å²) in [5, 5.41) is 0. The first kappa shape index (κ1) is 21.5. The van der Waals surface area contributed by atoms with Gasteiger partial charge < -0.3 is 21.9 Å². The van der Waals surface area contributed by atoms with Crippen LogP contribution in [0.5, 0.6) is 0 Å². The zero-order valence-electron chi connectivity index (χ0n) is 10.9. The first-order chi connectivity index (χ1) is 7.45. The number of halogens is 1. The fraction of sp³-hybridized carbons (Fsp3) is 1.00. The van der Waals surface area contributed by atoms with Crippen LogP contribution in [0.1, 0.15) is 6.42 Å². The van der Waals surface area contributed by atoms with Crippen molar-refractivity contribution in [1.29, 1.82) is 0 Å². The molecule has 1 aliphatic rings. The van der Waals surface area contributed by atoms with Crippen molar-refractivity contribution in [2.24, 2.45) is 0 Å². The van der Waals surface area contributed by atoms with Crippen LogP contribution < -0.4 is 0 Å². The van der Waals surface area contributed by atoms with E-state index in [-0.39, 0.29) is 16.4 Å². The molecule has 2 atom stereocenters. The summed E-state index contributed by atoms with van der Waals surface area (Å²) in [6.45, 7) is 8.26. The number of alkyl halides is 1. The summed E-state index contributed by atoms with van der Waals surface area (Å²) in [6.07, 6.45) is 0.944. The highest BCUT2D eigenvalue weighted by atomic mass is 35.5. The van der Waals surface area contributed by atoms with Crippen molar-refractivity contribution < 1.29 is 21.9 Å². The van der Waals surface area contributed by atoms with Crippen molar-refractivity contribution in [2.75, 3.05) is 5.88 Å². The number of hydrogen-bond donors (Lipinski definition) is 0. The Balaban J connectivity index is 0. The largest absolute Gasteiger partial charge is 0.420 e. The van der Waals surface area contributed by atoms with Gasteiger partial charge in [-0.25, -0.2) is 0 Å². The topological polar surface area (TPSA) is 68.4 Å². The van der Waals surface area contributed by atoms with Crippen molar-refractivity contribution in [3.63, 3.8) is 0 Å². The van der Waals surface area contributed by atoms with Crippen molar-refractivity contribution >= 4 is 59.0 Å². The van der Waals surface area contributed by atoms with Crippen LogP contribution in [0.2, 0.25) is 32.2 Å². The standard InChI is InChI=1S/C7H21ClO4Si4.H2O.H4Si/c1-13-9-14(2)11-16(4,7-5-6-8)12-15(3)10-13;;/h13-15H,5-7H2,1-4H3;1H2;1H4. The minimum Gasteiger partial charge on any atom is -0.420 e. The number of rotatable bonds is 3. The third-order valence-electron chi connectivity index (χ3n) is 2.36. The molecule has 1 saturated heterocycles. The molecule has 0 amide bonds. The van der Waals surface area contributed by atoms with E-state index < -0.39 is 36.4 Å². The molecule has 0 saturated carbocycles. The average molecular weight is 367 g/mol. The van der Waals surface area contributed by atoms with Gasteiger partial charge in [0.15, 0.2) is 0 Å². The maximum absolute atomic E-state index is 6.09. The van der Waals surface area contributed by atoms with Crippen LogP contribution in [0.15, 0.2) is 0 Å². The lowest BCUT2D eigenvalue weighted by Crippen LogP contribution is -2.53. The maximum atomic E-state index is 6.09. The summed E-state index contributed by atoms with van der Waals surface area (Å²) in [6, 6.07) is 0.938. The van der Waals surface area contributed by atoms with E-state index in [1.807, 2.05) is 6.55 Å². The molecule has 112 valence electrons. The van der Waals surface area contributed by atoms with Crippen molar-refractivity contribution in [3.05, 3.63) is 0 Å². The molecule has 0 aromatic carbocycles. The molecule has 0 bridgehead atoms. The second-order valence-corrected chi connectivity index (χ2v) is 14.8. The Morgan fingerprint density at radius 1 is 1.00 bits per heavy atom. The van der Waals surface area contributed by atoms with E-state index in [1.165, 1.54) is 0 Å². The minimum absolute atomic E-state index is 0. The van der Waals surface area contributed by atoms with E-state index >= 15 is 0 Å². The molecule has 0 aromatic heterocycles. The summed E-state index contributed by atoms with van der Waals surface area (Å²) in [7, 11) is -6.72. The van der Waals surface area contributed by atoms with Gasteiger partial charge in [-0.05, 0) is 49.6 Å². The van der Waals surface area contributed by atoms with Crippen LogP contribution >= 0.6 is 11.6 Å². The van der Waals surface area contributed by atoms with Gasteiger partial charge in [0, 0.05) is 5.88 Å². The highest BCUT2D eigenvalue weighted by Gasteiger charge is 2.38. The van der Waals surface area contributed by atoms with Gasteiger partial charge in [-0.2, -0.15) is 0 Å². The van der Waals surface area contributed by atoms with Crippen LogP contribution in [-0.2, 0) is 16.5 Å². The Morgan fingerprint density at radius 3 is 1.83 bits per heavy atom. The zero-order valence-corrected chi connectivity index (χ0v) is 16.1. The second-order valence-electron chi connectivity index (χ2n) is 4.14. The molecule has 0 aromatic rings. The molecule has 2 N–H and O–H groups in total. The Kier molecular flexibility index (Phi) is 11.9. The molecule has 18 heavy (non-hydrogen) atoms. The maximum Gasteiger partial charge on any atom is 0.317 e. The van der Waals surface area contributed by atoms with Gasteiger partial charge in [-0.1, -0.05) is 0 Å². The molecule has 1 rings (SSSR count). The molecular formula is C7H27ClO5Si5. The summed E-state index contributed by atoms with van der Waals surface area (Å²) < 4.78 is 23.8. The Morgan fingerprint density at radius 2 is 1.44 bits per heavy atom. The van der Waals surface area contributed by atoms with Gasteiger partial charge in [0.25, 0.3) is 27.9 Å². The highest BCUT2D eigenvalue weighted by molar-refractivity contribution is 6.81. The first-order valence-electron chi connectivity index (χ1n) is 5.68. The predicted molar refractivity (Wildman–Crippen MR) is 90.1 cm³/mol. The molecule has 1 fully saturated rings. The fourth-order valence-electron chi connectivity index (χ4n) is 1.86. The third kappa shape index (κ3) is 7.69. The van der Waals surface area contributed by atoms with Gasteiger partial charge in [0.1, 0.15) is 0 Å². The lowest BCUT2D eigenvalue weighted by atomic mass is 10.6. The van der Waals surface area contributed by atoms with Crippen LogP contribution in [0.4, 0.5) is 0 Å². The van der Waals surface area contributed by atoms with Gasteiger partial charge in [-0.15, -0.1) is 11.6 Å². The SMILES string of the molecule is C[SiH]1O[SiH](C)O[Si](C)(CCCCl)O[SiH](C)O1.O.[SiH4]. The van der Waals surface area contributed by atoms with E-state index in [2.05, 4.69) is 19.6 Å². The molecule has 1 heterocycles. The van der Waals surface area contributed by atoms with Gasteiger partial charge >= 0.3 is 8.56 Å². The van der Waals surface area contributed by atoms with Crippen molar-refractivity contribution in [1.82, 2.24) is 0 Å². The number of hydrogen-bond acceptors (Lipinski definition) is 4. The van der Waals surface area contributed by atoms with Gasteiger partial charge in [-0.3, -0.25) is 0 Å². The van der Waals surface area contributed by atoms with E-state index in [4.69, 9.17) is 28.1 Å². The third-order valence-corrected chi connectivity index (χ3v) is 16.7. The zero-order chi connectivity index (χ0) is 12.2. The average Bonchev–Trinajstić information content (AvgIpc) is 2.11. The molecule has 1 aliphatic heterocycles. The van der Waals surface area contributed by atoms with Crippen LogP contribution in [0.3, 0.4) is 0 Å². The lowest BCUT2D eigenvalue weighted by molar-refractivity contribution is 0.274. The Hall–Kier alpha value is 1.17. The molecule has 5 nitrogen and oxygen atoms in total. The normalized spacial score (nSPS) is 36.8. The molecule has 2 unspecified atom stereocenters. The first-order valence-corrected chi connectivity index (χ1v) is 15.0. The predicted octanol–water partition coefficient (Wildman–Crippen LogP) is -0.958. The van der Waals surface area contributed by atoms with Crippen molar-refractivity contribution in [3.8, 4) is 0 Å². The van der Waals surface area contributed by atoms with Gasteiger partial charge in [0.05, 0.1) is 0 Å². The molecular weight excluding hydrogens is 340 g/mol. The Labute approximate surface area is 125 Å². The molecule has 0 radical (unpaired) electrons. The van der Waals surface area contributed by atoms with Crippen LogP contribution in [0.25, 0.3) is 0 Å². The summed E-state index contributed by atoms with van der Waals surface area (Å²) >= 11 is 5.73. The van der Waals surface area contributed by atoms with E-state index in [0.29, 0.717) is 5.88 Å².